The number of thiocarbonyl (C=S) groups is 1. The Morgan fingerprint density at radius 3 is 2.83 bits per heavy atom. The molecule has 0 aliphatic rings. The van der Waals surface area contributed by atoms with Crippen molar-refractivity contribution in [3.63, 3.8) is 0 Å². The zero-order valence-electron chi connectivity index (χ0n) is 6.03. The van der Waals surface area contributed by atoms with Crippen LogP contribution in [0.25, 0.3) is 0 Å². The number of thiophene rings is 1. The molecule has 64 valence electrons. The van der Waals surface area contributed by atoms with E-state index >= 15 is 0 Å². The molecule has 0 spiro atoms. The summed E-state index contributed by atoms with van der Waals surface area (Å²) in [6, 6.07) is 1.71. The molecule has 0 bridgehead atoms. The molecule has 0 unspecified atom stereocenters. The lowest BCUT2D eigenvalue weighted by Crippen LogP contribution is -2.44. The maximum atomic E-state index is 11.1. The minimum absolute atomic E-state index is 0.0404. The highest BCUT2D eigenvalue weighted by Crippen LogP contribution is 2.04. The van der Waals surface area contributed by atoms with Crippen LogP contribution in [0.2, 0.25) is 0 Å². The molecule has 4 nitrogen and oxygen atoms in total. The van der Waals surface area contributed by atoms with Gasteiger partial charge in [0.25, 0.3) is 5.91 Å². The minimum atomic E-state index is -0.246. The van der Waals surface area contributed by atoms with Gasteiger partial charge in [-0.15, -0.1) is 0 Å². The SMILES string of the molecule is NC(=S)NNC(=O)c1ccsc1. The first-order valence-corrected chi connectivity index (χ1v) is 4.43. The molecule has 6 heteroatoms. The lowest BCUT2D eigenvalue weighted by atomic mass is 10.3. The molecule has 1 aromatic heterocycles. The van der Waals surface area contributed by atoms with Gasteiger partial charge in [-0.1, -0.05) is 0 Å². The predicted molar refractivity (Wildman–Crippen MR) is 51.7 cm³/mol. The van der Waals surface area contributed by atoms with E-state index in [9.17, 15) is 4.79 Å². The fraction of sp³-hybridized carbons (Fsp3) is 0. The Morgan fingerprint density at radius 1 is 1.58 bits per heavy atom. The lowest BCUT2D eigenvalue weighted by molar-refractivity contribution is 0.0944. The molecule has 0 atom stereocenters. The van der Waals surface area contributed by atoms with Crippen LogP contribution in [0, 0.1) is 0 Å². The third kappa shape index (κ3) is 2.48. The molecular formula is C6H7N3OS2. The van der Waals surface area contributed by atoms with Crippen molar-refractivity contribution in [3.05, 3.63) is 22.4 Å². The second-order valence-electron chi connectivity index (χ2n) is 1.96. The number of hydrogen-bond donors (Lipinski definition) is 3. The van der Waals surface area contributed by atoms with Crippen LogP contribution >= 0.6 is 23.6 Å². The third-order valence-corrected chi connectivity index (χ3v) is 1.87. The Kier molecular flexibility index (Phi) is 3.01. The zero-order chi connectivity index (χ0) is 8.97. The Balaban J connectivity index is 2.45. The number of nitrogens with two attached hydrogens (primary N) is 1. The van der Waals surface area contributed by atoms with Crippen molar-refractivity contribution in [1.82, 2.24) is 10.9 Å². The van der Waals surface area contributed by atoms with Crippen molar-refractivity contribution < 1.29 is 4.79 Å². The van der Waals surface area contributed by atoms with Crippen LogP contribution in [0.4, 0.5) is 0 Å². The molecule has 1 aromatic rings. The van der Waals surface area contributed by atoms with Gasteiger partial charge in [-0.3, -0.25) is 15.6 Å². The molecule has 0 fully saturated rings. The minimum Gasteiger partial charge on any atom is -0.375 e. The van der Waals surface area contributed by atoms with Crippen LogP contribution in [0.1, 0.15) is 10.4 Å². The van der Waals surface area contributed by atoms with E-state index in [0.29, 0.717) is 5.56 Å². The summed E-state index contributed by atoms with van der Waals surface area (Å²) in [6.45, 7) is 0. The maximum Gasteiger partial charge on any atom is 0.270 e. The van der Waals surface area contributed by atoms with Gasteiger partial charge in [0.05, 0.1) is 5.56 Å². The van der Waals surface area contributed by atoms with Crippen molar-refractivity contribution in [3.8, 4) is 0 Å². The van der Waals surface area contributed by atoms with E-state index in [4.69, 9.17) is 5.73 Å². The Hall–Kier alpha value is -1.14. The number of nitrogens with one attached hydrogen (secondary N) is 2. The zero-order valence-corrected chi connectivity index (χ0v) is 7.67. The van der Waals surface area contributed by atoms with Crippen LogP contribution in [-0.2, 0) is 0 Å². The first-order valence-electron chi connectivity index (χ1n) is 3.08. The predicted octanol–water partition coefficient (Wildman–Crippen LogP) is 0.226. The summed E-state index contributed by atoms with van der Waals surface area (Å²) in [4.78, 5) is 11.1. The number of hydrogen-bond acceptors (Lipinski definition) is 3. The van der Waals surface area contributed by atoms with E-state index in [1.807, 2.05) is 5.38 Å². The van der Waals surface area contributed by atoms with Crippen molar-refractivity contribution in [2.75, 3.05) is 0 Å². The van der Waals surface area contributed by atoms with Crippen LogP contribution in [-0.4, -0.2) is 11.0 Å². The van der Waals surface area contributed by atoms with Gasteiger partial charge in [0.2, 0.25) is 0 Å². The van der Waals surface area contributed by atoms with E-state index in [2.05, 4.69) is 23.1 Å². The number of rotatable bonds is 1. The fourth-order valence-electron chi connectivity index (χ4n) is 0.584. The highest BCUT2D eigenvalue weighted by Gasteiger charge is 2.03. The van der Waals surface area contributed by atoms with Crippen LogP contribution < -0.4 is 16.6 Å². The topological polar surface area (TPSA) is 67.2 Å². The summed E-state index contributed by atoms with van der Waals surface area (Å²) < 4.78 is 0. The van der Waals surface area contributed by atoms with Gasteiger partial charge in [-0.25, -0.2) is 0 Å². The first-order chi connectivity index (χ1) is 5.70. The fourth-order valence-corrected chi connectivity index (χ4v) is 1.27. The smallest absolute Gasteiger partial charge is 0.270 e. The lowest BCUT2D eigenvalue weighted by Gasteiger charge is -2.03. The summed E-state index contributed by atoms with van der Waals surface area (Å²) in [5.41, 5.74) is 10.4. The van der Waals surface area contributed by atoms with Gasteiger partial charge < -0.3 is 5.73 Å². The number of carbonyl (C=O) groups excluding carboxylic acids is 1. The van der Waals surface area contributed by atoms with E-state index < -0.39 is 0 Å². The largest absolute Gasteiger partial charge is 0.375 e. The molecule has 12 heavy (non-hydrogen) atoms. The monoisotopic (exact) mass is 201 g/mol. The van der Waals surface area contributed by atoms with Gasteiger partial charge in [-0.2, -0.15) is 11.3 Å². The molecule has 0 radical (unpaired) electrons. The van der Waals surface area contributed by atoms with Crippen molar-refractivity contribution in [1.29, 1.82) is 0 Å². The second-order valence-corrected chi connectivity index (χ2v) is 3.18. The molecule has 0 saturated heterocycles. The molecule has 0 aliphatic carbocycles. The molecule has 0 aromatic carbocycles. The van der Waals surface area contributed by atoms with Crippen molar-refractivity contribution in [2.45, 2.75) is 0 Å². The average Bonchev–Trinajstić information content (AvgIpc) is 2.51. The summed E-state index contributed by atoms with van der Waals surface area (Å²) >= 11 is 5.95. The van der Waals surface area contributed by atoms with E-state index in [1.165, 1.54) is 11.3 Å². The molecule has 1 amide bonds. The normalized spacial score (nSPS) is 9.00. The molecule has 0 aliphatic heterocycles. The van der Waals surface area contributed by atoms with Gasteiger partial charge in [-0.05, 0) is 23.7 Å². The Bertz CT molecular complexity index is 283. The van der Waals surface area contributed by atoms with E-state index in [0.717, 1.165) is 0 Å². The molecule has 4 N–H and O–H groups in total. The number of amides is 1. The maximum absolute atomic E-state index is 11.1. The van der Waals surface area contributed by atoms with E-state index in [1.54, 1.807) is 11.4 Å². The van der Waals surface area contributed by atoms with Crippen molar-refractivity contribution in [2.24, 2.45) is 5.73 Å². The van der Waals surface area contributed by atoms with Crippen molar-refractivity contribution >= 4 is 34.6 Å². The van der Waals surface area contributed by atoms with Gasteiger partial charge >= 0.3 is 0 Å². The number of carbonyl (C=O) groups is 1. The standard InChI is InChI=1S/C6H7N3OS2/c7-6(11)9-8-5(10)4-1-2-12-3-4/h1-3H,(H,8,10)(H3,7,9,11). The second kappa shape index (κ2) is 4.03. The molecule has 1 rings (SSSR count). The molecular weight excluding hydrogens is 194 g/mol. The third-order valence-electron chi connectivity index (χ3n) is 1.08. The van der Waals surface area contributed by atoms with Gasteiger partial charge in [0, 0.05) is 5.38 Å². The summed E-state index contributed by atoms with van der Waals surface area (Å²) in [7, 11) is 0. The van der Waals surface area contributed by atoms with Gasteiger partial charge in [0.1, 0.15) is 0 Å². The average molecular weight is 201 g/mol. The summed E-state index contributed by atoms with van der Waals surface area (Å²) in [6.07, 6.45) is 0. The Labute approximate surface area is 78.7 Å². The summed E-state index contributed by atoms with van der Waals surface area (Å²) in [5, 5.41) is 3.59. The molecule has 0 saturated carbocycles. The molecule has 1 heterocycles. The van der Waals surface area contributed by atoms with Crippen LogP contribution in [0.15, 0.2) is 16.8 Å². The van der Waals surface area contributed by atoms with Crippen LogP contribution in [0.5, 0.6) is 0 Å². The highest BCUT2D eigenvalue weighted by molar-refractivity contribution is 7.80. The number of hydrazine groups is 1. The first kappa shape index (κ1) is 8.95. The highest BCUT2D eigenvalue weighted by atomic mass is 32.1. The summed E-state index contributed by atoms with van der Waals surface area (Å²) in [5.74, 6) is -0.246. The quantitative estimate of drug-likeness (QED) is 0.449. The Morgan fingerprint density at radius 2 is 2.33 bits per heavy atom. The van der Waals surface area contributed by atoms with Gasteiger partial charge in [0.15, 0.2) is 5.11 Å². The van der Waals surface area contributed by atoms with E-state index in [-0.39, 0.29) is 11.0 Å². The van der Waals surface area contributed by atoms with Crippen LogP contribution in [0.3, 0.4) is 0 Å².